The smallest absolute Gasteiger partial charge is 0.344 e. The molecule has 0 aliphatic carbocycles. The number of methoxy groups -OCH3 is 2. The first-order chi connectivity index (χ1) is 7.15. The number of ether oxygens (including phenoxy) is 2. The average molecular weight is 212 g/mol. The van der Waals surface area contributed by atoms with Crippen LogP contribution in [-0.2, 0) is 4.74 Å². The summed E-state index contributed by atoms with van der Waals surface area (Å²) in [6.07, 6.45) is 0.321. The van der Waals surface area contributed by atoms with Gasteiger partial charge in [0.25, 0.3) is 0 Å². The van der Waals surface area contributed by atoms with Crippen LogP contribution in [0.2, 0.25) is 0 Å². The van der Waals surface area contributed by atoms with Crippen molar-refractivity contribution in [3.05, 3.63) is 29.1 Å². The summed E-state index contributed by atoms with van der Waals surface area (Å²) in [5.41, 5.74) is -0.583. The van der Waals surface area contributed by atoms with E-state index in [0.717, 1.165) is 7.11 Å². The minimum Gasteiger partial charge on any atom is -0.496 e. The summed E-state index contributed by atoms with van der Waals surface area (Å²) in [5.74, 6) is -1.78. The Hall–Kier alpha value is -1.91. The molecule has 0 heterocycles. The molecular formula is C10H9FO4. The maximum Gasteiger partial charge on any atom is 0.344 e. The van der Waals surface area contributed by atoms with Gasteiger partial charge in [-0.15, -0.1) is 0 Å². The molecule has 0 radical (unpaired) electrons. The lowest BCUT2D eigenvalue weighted by atomic mass is 10.1. The number of carbonyl (C=O) groups excluding carboxylic acids is 2. The van der Waals surface area contributed by atoms with E-state index >= 15 is 0 Å². The van der Waals surface area contributed by atoms with E-state index in [4.69, 9.17) is 4.74 Å². The quantitative estimate of drug-likeness (QED) is 0.561. The number of benzene rings is 1. The topological polar surface area (TPSA) is 52.6 Å². The summed E-state index contributed by atoms with van der Waals surface area (Å²) in [6, 6.07) is 2.56. The van der Waals surface area contributed by atoms with Crippen molar-refractivity contribution >= 4 is 12.3 Å². The highest BCUT2D eigenvalue weighted by atomic mass is 19.1. The van der Waals surface area contributed by atoms with Crippen molar-refractivity contribution in [2.75, 3.05) is 14.2 Å². The van der Waals surface area contributed by atoms with Crippen molar-refractivity contribution in [2.45, 2.75) is 0 Å². The standard InChI is InChI=1S/C10H9FO4/c1-14-7-4-3-6(5-12)9(11)8(7)10(13)15-2/h3-5H,1-2H3. The maximum absolute atomic E-state index is 13.5. The average Bonchev–Trinajstić information content (AvgIpc) is 2.27. The summed E-state index contributed by atoms with van der Waals surface area (Å²) < 4.78 is 22.7. The van der Waals surface area contributed by atoms with E-state index in [-0.39, 0.29) is 16.9 Å². The van der Waals surface area contributed by atoms with E-state index in [0.29, 0.717) is 6.29 Å². The summed E-state index contributed by atoms with van der Waals surface area (Å²) >= 11 is 0. The molecular weight excluding hydrogens is 203 g/mol. The molecule has 80 valence electrons. The molecule has 0 N–H and O–H groups in total. The van der Waals surface area contributed by atoms with Gasteiger partial charge in [0, 0.05) is 0 Å². The van der Waals surface area contributed by atoms with Gasteiger partial charge in [-0.2, -0.15) is 0 Å². The summed E-state index contributed by atoms with van der Waals surface area (Å²) in [4.78, 5) is 21.7. The number of halogens is 1. The highest BCUT2D eigenvalue weighted by Gasteiger charge is 2.21. The number of rotatable bonds is 3. The lowest BCUT2D eigenvalue weighted by Crippen LogP contribution is -2.09. The molecule has 0 aliphatic rings. The lowest BCUT2D eigenvalue weighted by molar-refractivity contribution is 0.0591. The van der Waals surface area contributed by atoms with Gasteiger partial charge < -0.3 is 9.47 Å². The molecule has 0 fully saturated rings. The first kappa shape index (κ1) is 11.2. The van der Waals surface area contributed by atoms with Crippen molar-refractivity contribution in [3.8, 4) is 5.75 Å². The van der Waals surface area contributed by atoms with E-state index in [1.807, 2.05) is 0 Å². The lowest BCUT2D eigenvalue weighted by Gasteiger charge is -2.08. The minimum absolute atomic E-state index is 0.0324. The molecule has 0 aliphatic heterocycles. The van der Waals surface area contributed by atoms with E-state index in [1.165, 1.54) is 19.2 Å². The number of aldehydes is 1. The second kappa shape index (κ2) is 4.54. The van der Waals surface area contributed by atoms with E-state index in [1.54, 1.807) is 0 Å². The number of hydrogen-bond donors (Lipinski definition) is 0. The van der Waals surface area contributed by atoms with Crippen LogP contribution < -0.4 is 4.74 Å². The molecule has 0 unspecified atom stereocenters. The zero-order valence-corrected chi connectivity index (χ0v) is 8.24. The summed E-state index contributed by atoms with van der Waals surface area (Å²) in [5, 5.41) is 0. The minimum atomic E-state index is -0.934. The van der Waals surface area contributed by atoms with Gasteiger partial charge in [-0.25, -0.2) is 9.18 Å². The molecule has 15 heavy (non-hydrogen) atoms. The Morgan fingerprint density at radius 2 is 2.07 bits per heavy atom. The van der Waals surface area contributed by atoms with Gasteiger partial charge in [0.2, 0.25) is 0 Å². The summed E-state index contributed by atoms with van der Waals surface area (Å²) in [6.45, 7) is 0. The third-order valence-electron chi connectivity index (χ3n) is 1.87. The molecule has 0 bridgehead atoms. The van der Waals surface area contributed by atoms with Gasteiger partial charge in [0.05, 0.1) is 19.8 Å². The number of carbonyl (C=O) groups is 2. The Bertz CT molecular complexity index is 401. The van der Waals surface area contributed by atoms with Gasteiger partial charge >= 0.3 is 5.97 Å². The van der Waals surface area contributed by atoms with Crippen molar-refractivity contribution in [2.24, 2.45) is 0 Å². The molecule has 1 aromatic rings. The molecule has 0 spiro atoms. The highest BCUT2D eigenvalue weighted by Crippen LogP contribution is 2.24. The zero-order chi connectivity index (χ0) is 11.4. The first-order valence-electron chi connectivity index (χ1n) is 4.05. The fraction of sp³-hybridized carbons (Fsp3) is 0.200. The monoisotopic (exact) mass is 212 g/mol. The molecule has 1 aromatic carbocycles. The predicted octanol–water partition coefficient (Wildman–Crippen LogP) is 1.43. The van der Waals surface area contributed by atoms with Gasteiger partial charge in [-0.1, -0.05) is 0 Å². The Morgan fingerprint density at radius 3 is 2.53 bits per heavy atom. The van der Waals surface area contributed by atoms with E-state index in [2.05, 4.69) is 4.74 Å². The third kappa shape index (κ3) is 1.96. The first-order valence-corrected chi connectivity index (χ1v) is 4.05. The van der Waals surface area contributed by atoms with Gasteiger partial charge in [-0.05, 0) is 12.1 Å². The van der Waals surface area contributed by atoms with Crippen LogP contribution in [0, 0.1) is 5.82 Å². The van der Waals surface area contributed by atoms with Crippen LogP contribution in [0.15, 0.2) is 12.1 Å². The largest absolute Gasteiger partial charge is 0.496 e. The van der Waals surface area contributed by atoms with E-state index < -0.39 is 11.8 Å². The SMILES string of the molecule is COC(=O)c1c(OC)ccc(C=O)c1F. The summed E-state index contributed by atoms with van der Waals surface area (Å²) in [7, 11) is 2.41. The zero-order valence-electron chi connectivity index (χ0n) is 8.24. The van der Waals surface area contributed by atoms with Gasteiger partial charge in [0.15, 0.2) is 12.1 Å². The van der Waals surface area contributed by atoms with Crippen LogP contribution in [0.3, 0.4) is 0 Å². The van der Waals surface area contributed by atoms with Crippen LogP contribution >= 0.6 is 0 Å². The van der Waals surface area contributed by atoms with Crippen LogP contribution in [0.4, 0.5) is 4.39 Å². The second-order valence-corrected chi connectivity index (χ2v) is 2.66. The third-order valence-corrected chi connectivity index (χ3v) is 1.87. The molecule has 5 heteroatoms. The number of esters is 1. The number of hydrogen-bond acceptors (Lipinski definition) is 4. The van der Waals surface area contributed by atoms with Gasteiger partial charge in [0.1, 0.15) is 11.3 Å². The van der Waals surface area contributed by atoms with Crippen LogP contribution in [-0.4, -0.2) is 26.5 Å². The van der Waals surface area contributed by atoms with Crippen LogP contribution in [0.25, 0.3) is 0 Å². The Kier molecular flexibility index (Phi) is 3.38. The van der Waals surface area contributed by atoms with E-state index in [9.17, 15) is 14.0 Å². The van der Waals surface area contributed by atoms with Crippen molar-refractivity contribution in [1.29, 1.82) is 0 Å². The molecule has 4 nitrogen and oxygen atoms in total. The Morgan fingerprint density at radius 1 is 1.40 bits per heavy atom. The van der Waals surface area contributed by atoms with Crippen molar-refractivity contribution < 1.29 is 23.5 Å². The molecule has 0 atom stereocenters. The van der Waals surface area contributed by atoms with Crippen LogP contribution in [0.5, 0.6) is 5.75 Å². The predicted molar refractivity (Wildman–Crippen MR) is 49.7 cm³/mol. The fourth-order valence-electron chi connectivity index (χ4n) is 1.13. The van der Waals surface area contributed by atoms with Crippen LogP contribution in [0.1, 0.15) is 20.7 Å². The fourth-order valence-corrected chi connectivity index (χ4v) is 1.13. The molecule has 0 saturated heterocycles. The second-order valence-electron chi connectivity index (χ2n) is 2.66. The molecule has 0 aromatic heterocycles. The maximum atomic E-state index is 13.5. The van der Waals surface area contributed by atoms with Crippen molar-refractivity contribution in [3.63, 3.8) is 0 Å². The van der Waals surface area contributed by atoms with Gasteiger partial charge in [-0.3, -0.25) is 4.79 Å². The Labute approximate surface area is 85.6 Å². The molecule has 1 rings (SSSR count). The normalized spacial score (nSPS) is 9.53. The molecule has 0 amide bonds. The highest BCUT2D eigenvalue weighted by molar-refractivity contribution is 5.95. The molecule has 0 saturated carbocycles. The Balaban J connectivity index is 3.42. The van der Waals surface area contributed by atoms with Crippen molar-refractivity contribution in [1.82, 2.24) is 0 Å².